The Bertz CT molecular complexity index is 944. The topological polar surface area (TPSA) is 88.1 Å². The van der Waals surface area contributed by atoms with Crippen molar-refractivity contribution in [3.8, 4) is 0 Å². The molecule has 0 bridgehead atoms. The van der Waals surface area contributed by atoms with E-state index in [1.165, 1.54) is 4.90 Å². The Labute approximate surface area is 173 Å². The minimum absolute atomic E-state index is 0.139. The van der Waals surface area contributed by atoms with Crippen molar-refractivity contribution >= 4 is 29.0 Å². The molecule has 0 spiro atoms. The van der Waals surface area contributed by atoms with E-state index in [0.29, 0.717) is 11.3 Å². The van der Waals surface area contributed by atoms with Crippen LogP contribution in [0, 0.1) is 0 Å². The van der Waals surface area contributed by atoms with Gasteiger partial charge in [-0.3, -0.25) is 19.5 Å². The molecule has 2 heterocycles. The van der Waals surface area contributed by atoms with Crippen LogP contribution in [0.2, 0.25) is 0 Å². The van der Waals surface area contributed by atoms with Gasteiger partial charge in [-0.15, -0.1) is 5.10 Å². The van der Waals surface area contributed by atoms with E-state index in [2.05, 4.69) is 19.9 Å². The summed E-state index contributed by atoms with van der Waals surface area (Å²) in [6, 6.07) is 12.0. The van der Waals surface area contributed by atoms with E-state index in [-0.39, 0.29) is 23.6 Å². The number of carbonyl (C=O) groups excluding carboxylic acids is 2. The van der Waals surface area contributed by atoms with Gasteiger partial charge in [0.2, 0.25) is 5.91 Å². The summed E-state index contributed by atoms with van der Waals surface area (Å²) in [5.41, 5.74) is 1.52. The maximum absolute atomic E-state index is 13.4. The van der Waals surface area contributed by atoms with Gasteiger partial charge in [0.05, 0.1) is 0 Å². The molecule has 7 nitrogen and oxygen atoms in total. The summed E-state index contributed by atoms with van der Waals surface area (Å²) in [6.45, 7) is 0. The van der Waals surface area contributed by atoms with E-state index < -0.39 is 6.04 Å². The third kappa shape index (κ3) is 4.32. The maximum atomic E-state index is 13.4. The molecule has 3 aromatic rings. The summed E-state index contributed by atoms with van der Waals surface area (Å²) in [7, 11) is 0. The lowest BCUT2D eigenvalue weighted by molar-refractivity contribution is -0.123. The molecule has 2 amide bonds. The molecule has 8 heteroatoms. The molecule has 1 aromatic carbocycles. The molecular weight excluding hydrogens is 386 g/mol. The molecule has 0 unspecified atom stereocenters. The van der Waals surface area contributed by atoms with Crippen molar-refractivity contribution in [1.29, 1.82) is 0 Å². The van der Waals surface area contributed by atoms with Crippen LogP contribution in [0.1, 0.15) is 47.8 Å². The largest absolute Gasteiger partial charge is 0.351 e. The van der Waals surface area contributed by atoms with Gasteiger partial charge in [-0.2, -0.15) is 0 Å². The van der Waals surface area contributed by atoms with Crippen LogP contribution in [0.15, 0.2) is 60.2 Å². The number of pyridine rings is 1. The molecule has 1 atom stereocenters. The Kier molecular flexibility index (Phi) is 5.90. The average molecular weight is 407 g/mol. The standard InChI is InChI=1S/C21H21N5O2S/c27-20(23-16-6-4-5-7-16)19(15-10-12-22-13-11-15)26(17-8-2-1-3-9-17)21(28)18-14-29-25-24-18/h1-3,8-14,16,19H,4-7H2,(H,23,27)/t19-/m0/s1. The number of nitrogens with zero attached hydrogens (tertiary/aromatic N) is 4. The lowest BCUT2D eigenvalue weighted by Crippen LogP contribution is -2.46. The van der Waals surface area contributed by atoms with Crippen LogP contribution in [0.3, 0.4) is 0 Å². The van der Waals surface area contributed by atoms with Crippen LogP contribution >= 0.6 is 11.5 Å². The van der Waals surface area contributed by atoms with Gasteiger partial charge >= 0.3 is 0 Å². The van der Waals surface area contributed by atoms with Crippen LogP contribution in [0.25, 0.3) is 0 Å². The number of nitrogens with one attached hydrogen (secondary N) is 1. The van der Waals surface area contributed by atoms with Crippen molar-refractivity contribution in [1.82, 2.24) is 19.9 Å². The number of amides is 2. The second-order valence-corrected chi connectivity index (χ2v) is 7.58. The first-order chi connectivity index (χ1) is 14.2. The molecule has 29 heavy (non-hydrogen) atoms. The molecule has 1 saturated carbocycles. The third-order valence-corrected chi connectivity index (χ3v) is 5.57. The zero-order chi connectivity index (χ0) is 20.1. The third-order valence-electron chi connectivity index (χ3n) is 5.06. The molecule has 2 aromatic heterocycles. The van der Waals surface area contributed by atoms with Crippen LogP contribution in [-0.4, -0.2) is 32.4 Å². The molecule has 4 rings (SSSR count). The first kappa shape index (κ1) is 19.2. The molecule has 1 fully saturated rings. The van der Waals surface area contributed by atoms with Crippen LogP contribution in [0.5, 0.6) is 0 Å². The van der Waals surface area contributed by atoms with Gasteiger partial charge in [0.25, 0.3) is 5.91 Å². The highest BCUT2D eigenvalue weighted by atomic mass is 32.1. The first-order valence-electron chi connectivity index (χ1n) is 9.60. The molecule has 1 N–H and O–H groups in total. The molecular formula is C21H21N5O2S. The smallest absolute Gasteiger partial charge is 0.280 e. The molecule has 0 radical (unpaired) electrons. The van der Waals surface area contributed by atoms with Crippen molar-refractivity contribution in [3.63, 3.8) is 0 Å². The van der Waals surface area contributed by atoms with E-state index in [1.807, 2.05) is 30.3 Å². The first-order valence-corrected chi connectivity index (χ1v) is 10.4. The fourth-order valence-electron chi connectivity index (χ4n) is 3.67. The molecule has 148 valence electrons. The number of anilines is 1. The summed E-state index contributed by atoms with van der Waals surface area (Å²) in [5.74, 6) is -0.572. The Morgan fingerprint density at radius 2 is 1.79 bits per heavy atom. The van der Waals surface area contributed by atoms with Gasteiger partial charge in [0, 0.05) is 29.5 Å². The zero-order valence-corrected chi connectivity index (χ0v) is 16.6. The lowest BCUT2D eigenvalue weighted by Gasteiger charge is -2.31. The SMILES string of the molecule is O=C(NC1CCCC1)[C@H](c1ccncc1)N(C(=O)c1csnn1)c1ccccc1. The highest BCUT2D eigenvalue weighted by molar-refractivity contribution is 7.03. The monoisotopic (exact) mass is 407 g/mol. The molecule has 0 aliphatic heterocycles. The fraction of sp³-hybridized carbons (Fsp3) is 0.286. The number of para-hydroxylation sites is 1. The number of aromatic nitrogens is 3. The number of carbonyl (C=O) groups is 2. The van der Waals surface area contributed by atoms with Crippen LogP contribution in [-0.2, 0) is 4.79 Å². The summed E-state index contributed by atoms with van der Waals surface area (Å²) >= 11 is 1.10. The zero-order valence-electron chi connectivity index (χ0n) is 15.8. The minimum Gasteiger partial charge on any atom is -0.351 e. The highest BCUT2D eigenvalue weighted by Crippen LogP contribution is 2.30. The number of rotatable bonds is 6. The van der Waals surface area contributed by atoms with Crippen LogP contribution < -0.4 is 10.2 Å². The summed E-state index contributed by atoms with van der Waals surface area (Å²) in [5, 5.41) is 8.67. The van der Waals surface area contributed by atoms with Crippen LogP contribution in [0.4, 0.5) is 5.69 Å². The van der Waals surface area contributed by atoms with E-state index in [1.54, 1.807) is 29.9 Å². The van der Waals surface area contributed by atoms with Gasteiger partial charge in [0.1, 0.15) is 6.04 Å². The number of hydrogen-bond donors (Lipinski definition) is 1. The second kappa shape index (κ2) is 8.91. The van der Waals surface area contributed by atoms with E-state index in [9.17, 15) is 9.59 Å². The van der Waals surface area contributed by atoms with Gasteiger partial charge < -0.3 is 5.32 Å². The van der Waals surface area contributed by atoms with E-state index >= 15 is 0 Å². The van der Waals surface area contributed by atoms with Crippen molar-refractivity contribution in [3.05, 3.63) is 71.5 Å². The lowest BCUT2D eigenvalue weighted by atomic mass is 10.0. The van der Waals surface area contributed by atoms with Crippen molar-refractivity contribution in [2.24, 2.45) is 0 Å². The Hall–Kier alpha value is -3.13. The highest BCUT2D eigenvalue weighted by Gasteiger charge is 2.35. The van der Waals surface area contributed by atoms with E-state index in [0.717, 1.165) is 37.2 Å². The molecule has 1 aliphatic rings. The second-order valence-electron chi connectivity index (χ2n) is 6.97. The van der Waals surface area contributed by atoms with E-state index in [4.69, 9.17) is 0 Å². The number of benzene rings is 1. The van der Waals surface area contributed by atoms with Gasteiger partial charge in [0.15, 0.2) is 5.69 Å². The summed E-state index contributed by atoms with van der Waals surface area (Å²) < 4.78 is 3.81. The quantitative estimate of drug-likeness (QED) is 0.677. The summed E-state index contributed by atoms with van der Waals surface area (Å²) in [4.78, 5) is 32.4. The predicted octanol–water partition coefficient (Wildman–Crippen LogP) is 3.38. The molecule has 0 saturated heterocycles. The van der Waals surface area contributed by atoms with Crippen molar-refractivity contribution in [2.45, 2.75) is 37.8 Å². The summed E-state index contributed by atoms with van der Waals surface area (Å²) in [6.07, 6.45) is 7.40. The van der Waals surface area contributed by atoms with Gasteiger partial charge in [-0.25, -0.2) is 0 Å². The fourth-order valence-corrected chi connectivity index (χ4v) is 4.10. The Morgan fingerprint density at radius 1 is 1.07 bits per heavy atom. The van der Waals surface area contributed by atoms with Gasteiger partial charge in [-0.1, -0.05) is 35.5 Å². The average Bonchev–Trinajstić information content (AvgIpc) is 3.47. The predicted molar refractivity (Wildman–Crippen MR) is 111 cm³/mol. The minimum atomic E-state index is -0.838. The van der Waals surface area contributed by atoms with Crippen molar-refractivity contribution < 1.29 is 9.59 Å². The Morgan fingerprint density at radius 3 is 2.45 bits per heavy atom. The number of hydrogen-bond acceptors (Lipinski definition) is 6. The molecule has 1 aliphatic carbocycles. The van der Waals surface area contributed by atoms with Crippen molar-refractivity contribution in [2.75, 3.05) is 4.90 Å². The normalized spacial score (nSPS) is 15.0. The van der Waals surface area contributed by atoms with Gasteiger partial charge in [-0.05, 0) is 54.2 Å². The Balaban J connectivity index is 1.77. The maximum Gasteiger partial charge on any atom is 0.280 e.